The number of carbonyl (C=O) groups is 4. The molecule has 0 N–H and O–H groups in total. The fourth-order valence-electron chi connectivity index (χ4n) is 2.24. The molecule has 5 atom stereocenters. The number of esters is 4. The molecular formula is C14H20IO10-. The second kappa shape index (κ2) is 9.87. The molecule has 2 unspecified atom stereocenters. The Morgan fingerprint density at radius 3 is 1.76 bits per heavy atom. The molecule has 0 aromatic carbocycles. The van der Waals surface area contributed by atoms with Gasteiger partial charge in [-0.05, 0) is 0 Å². The van der Waals surface area contributed by atoms with Gasteiger partial charge in [0, 0.05) is 0 Å². The summed E-state index contributed by atoms with van der Waals surface area (Å²) in [4.78, 5) is 48.2. The Labute approximate surface area is 155 Å². The Hall–Kier alpha value is -1.47. The van der Waals surface area contributed by atoms with Gasteiger partial charge in [0.2, 0.25) is 0 Å². The number of rotatable bonds is 6. The first kappa shape index (κ1) is 21.6. The van der Waals surface area contributed by atoms with E-state index in [1.54, 1.807) is 4.93 Å². The maximum absolute atomic E-state index is 12.0. The van der Waals surface area contributed by atoms with Crippen LogP contribution >= 0.6 is 0 Å². The van der Waals surface area contributed by atoms with E-state index in [4.69, 9.17) is 22.0 Å². The molecule has 0 saturated carbocycles. The third-order valence-corrected chi connectivity index (χ3v) is 4.02. The Morgan fingerprint density at radius 2 is 1.32 bits per heavy atom. The summed E-state index contributed by atoms with van der Waals surface area (Å²) in [6.45, 7) is 3.39. The second-order valence-corrected chi connectivity index (χ2v) is 6.30. The van der Waals surface area contributed by atoms with Crippen LogP contribution in [0.5, 0.6) is 0 Å². The zero-order valence-corrected chi connectivity index (χ0v) is 16.5. The van der Waals surface area contributed by atoms with Crippen molar-refractivity contribution in [3.8, 4) is 0 Å². The van der Waals surface area contributed by atoms with Crippen LogP contribution < -0.4 is 21.6 Å². The summed E-state index contributed by atoms with van der Waals surface area (Å²) in [5, 5.41) is 0. The summed E-state index contributed by atoms with van der Waals surface area (Å²) in [6, 6.07) is 0. The molecule has 25 heavy (non-hydrogen) atoms. The molecule has 1 aliphatic rings. The van der Waals surface area contributed by atoms with Crippen molar-refractivity contribution in [3.63, 3.8) is 0 Å². The summed E-state index contributed by atoms with van der Waals surface area (Å²) >= 11 is -0.804. The Balaban J connectivity index is 3.31. The molecule has 11 heteroatoms. The molecule has 1 saturated heterocycles. The zero-order valence-electron chi connectivity index (χ0n) is 14.3. The average molecular weight is 475 g/mol. The van der Waals surface area contributed by atoms with Crippen molar-refractivity contribution in [2.24, 2.45) is 0 Å². The zero-order chi connectivity index (χ0) is 19.1. The number of halogens is 1. The van der Waals surface area contributed by atoms with Gasteiger partial charge in [-0.2, -0.15) is 0 Å². The van der Waals surface area contributed by atoms with Crippen LogP contribution in [0.2, 0.25) is 0 Å². The van der Waals surface area contributed by atoms with Crippen molar-refractivity contribution < 1.29 is 67.5 Å². The van der Waals surface area contributed by atoms with E-state index in [0.717, 1.165) is 27.9 Å². The van der Waals surface area contributed by atoms with Gasteiger partial charge < -0.3 is 0 Å². The number of carbonyl (C=O) groups excluding carboxylic acids is 4. The Kier molecular flexibility index (Phi) is 8.52. The quantitative estimate of drug-likeness (QED) is 0.164. The molecule has 0 radical (unpaired) electrons. The van der Waals surface area contributed by atoms with Crippen molar-refractivity contribution in [1.29, 1.82) is 0 Å². The van der Waals surface area contributed by atoms with E-state index in [9.17, 15) is 19.2 Å². The topological polar surface area (TPSA) is 124 Å². The molecule has 0 bridgehead atoms. The number of methoxy groups -OCH3 is 1. The van der Waals surface area contributed by atoms with Gasteiger partial charge in [-0.3, -0.25) is 0 Å². The molecule has 144 valence electrons. The molecule has 0 aliphatic carbocycles. The Morgan fingerprint density at radius 1 is 0.840 bits per heavy atom. The van der Waals surface area contributed by atoms with Crippen molar-refractivity contribution in [3.05, 3.63) is 0 Å². The number of hydrogen-bond donors (Lipinski definition) is 0. The van der Waals surface area contributed by atoms with Gasteiger partial charge in [0.1, 0.15) is 0 Å². The number of hydrogen-bond acceptors (Lipinski definition) is 10. The first-order valence-electron chi connectivity index (χ1n) is 7.11. The van der Waals surface area contributed by atoms with Crippen LogP contribution in [0.3, 0.4) is 0 Å². The van der Waals surface area contributed by atoms with Crippen LogP contribution in [0, 0.1) is 0 Å². The SMILES string of the molecule is COC(=O)C1O[C@@H](O[I-]C)[C@@H](OC(C)=O)C(OC(C)=O)[C@@H]1OC(C)=O. The molecule has 1 aliphatic heterocycles. The summed E-state index contributed by atoms with van der Waals surface area (Å²) in [5.41, 5.74) is 0. The van der Waals surface area contributed by atoms with E-state index in [1.165, 1.54) is 0 Å². The number of ether oxygens (including phenoxy) is 5. The van der Waals surface area contributed by atoms with Crippen LogP contribution in [0.15, 0.2) is 0 Å². The second-order valence-electron chi connectivity index (χ2n) is 4.91. The molecular weight excluding hydrogens is 455 g/mol. The predicted molar refractivity (Wildman–Crippen MR) is 74.3 cm³/mol. The predicted octanol–water partition coefficient (Wildman–Crippen LogP) is -3.67. The average Bonchev–Trinajstić information content (AvgIpc) is 2.50. The van der Waals surface area contributed by atoms with Crippen LogP contribution in [0.4, 0.5) is 0 Å². The van der Waals surface area contributed by atoms with Crippen molar-refractivity contribution in [1.82, 2.24) is 0 Å². The molecule has 0 spiro atoms. The molecule has 0 amide bonds. The maximum atomic E-state index is 12.0. The third kappa shape index (κ3) is 6.08. The summed E-state index contributed by atoms with van der Waals surface area (Å²) in [5.74, 6) is -3.02. The first-order chi connectivity index (χ1) is 11.7. The van der Waals surface area contributed by atoms with E-state index in [1.807, 2.05) is 0 Å². The minimum absolute atomic E-state index is 0.688. The molecule has 10 nitrogen and oxygen atoms in total. The fraction of sp³-hybridized carbons (Fsp3) is 0.714. The van der Waals surface area contributed by atoms with Crippen molar-refractivity contribution >= 4 is 23.9 Å². The van der Waals surface area contributed by atoms with Crippen LogP contribution in [-0.2, 0) is 45.9 Å². The summed E-state index contributed by atoms with van der Waals surface area (Å²) in [6.07, 6.45) is -6.48. The first-order valence-corrected chi connectivity index (χ1v) is 10.1. The molecule has 1 heterocycles. The Bertz CT molecular complexity index is 522. The molecule has 1 rings (SSSR count). The molecule has 0 aromatic heterocycles. The van der Waals surface area contributed by atoms with Gasteiger partial charge in [0.25, 0.3) is 0 Å². The van der Waals surface area contributed by atoms with E-state index in [0.29, 0.717) is 0 Å². The van der Waals surface area contributed by atoms with Gasteiger partial charge in [-0.1, -0.05) is 0 Å². The standard InChI is InChI=1S/C14H20IO10/c1-6(16)21-9-10(22-7(2)17)12(23-8(3)18)14(25-15-4)24-11(9)13(19)20-5/h9-12,14H,1-5H3/q-1/t9-,10?,11?,12-,14-/m0/s1. The van der Waals surface area contributed by atoms with Crippen LogP contribution in [0.25, 0.3) is 0 Å². The van der Waals surface area contributed by atoms with Crippen molar-refractivity contribution in [2.75, 3.05) is 12.0 Å². The summed E-state index contributed by atoms with van der Waals surface area (Å²) < 4.78 is 31.0. The van der Waals surface area contributed by atoms with E-state index < -0.39 is 76.2 Å². The van der Waals surface area contributed by atoms with Gasteiger partial charge in [-0.25, -0.2) is 0 Å². The third-order valence-electron chi connectivity index (χ3n) is 3.01. The van der Waals surface area contributed by atoms with Crippen LogP contribution in [-0.4, -0.2) is 66.6 Å². The number of alkyl halides is 1. The molecule has 0 aromatic rings. The van der Waals surface area contributed by atoms with Crippen molar-refractivity contribution in [2.45, 2.75) is 51.5 Å². The van der Waals surface area contributed by atoms with Gasteiger partial charge in [0.05, 0.1) is 0 Å². The molecule has 1 fully saturated rings. The fourth-order valence-corrected chi connectivity index (χ4v) is 3.15. The minimum atomic E-state index is -1.41. The van der Waals surface area contributed by atoms with Crippen LogP contribution in [0.1, 0.15) is 20.8 Å². The normalized spacial score (nSPS) is 28.8. The summed E-state index contributed by atoms with van der Waals surface area (Å²) in [7, 11) is 1.12. The van der Waals surface area contributed by atoms with Gasteiger partial charge in [-0.15, -0.1) is 0 Å². The van der Waals surface area contributed by atoms with E-state index >= 15 is 0 Å². The van der Waals surface area contributed by atoms with Gasteiger partial charge >= 0.3 is 155 Å². The monoisotopic (exact) mass is 475 g/mol. The van der Waals surface area contributed by atoms with E-state index in [-0.39, 0.29) is 0 Å². The van der Waals surface area contributed by atoms with Gasteiger partial charge in [0.15, 0.2) is 0 Å². The van der Waals surface area contributed by atoms with E-state index in [2.05, 4.69) is 4.74 Å².